The van der Waals surface area contributed by atoms with E-state index >= 15 is 0 Å². The lowest BCUT2D eigenvalue weighted by Gasteiger charge is -2.04. The number of rotatable bonds is 4. The summed E-state index contributed by atoms with van der Waals surface area (Å²) in [5.41, 5.74) is 8.12. The molecule has 1 rings (SSSR count). The third kappa shape index (κ3) is 3.43. The van der Waals surface area contributed by atoms with Gasteiger partial charge in [-0.2, -0.15) is 0 Å². The molecule has 9 heteroatoms. The topological polar surface area (TPSA) is 126 Å². The summed E-state index contributed by atoms with van der Waals surface area (Å²) in [5.74, 6) is -0.524. The van der Waals surface area contributed by atoms with Gasteiger partial charge in [-0.3, -0.25) is 4.79 Å². The molecule has 1 aromatic carbocycles. The largest absolute Gasteiger partial charge is 0.294 e. The average molecular weight is 275 g/mol. The molecule has 0 bridgehead atoms. The first kappa shape index (κ1) is 13.5. The summed E-state index contributed by atoms with van der Waals surface area (Å²) in [5, 5.41) is 7.92. The van der Waals surface area contributed by atoms with Gasteiger partial charge in [0.2, 0.25) is 10.0 Å². The van der Waals surface area contributed by atoms with Crippen molar-refractivity contribution >= 4 is 27.4 Å². The highest BCUT2D eigenvalue weighted by Gasteiger charge is 2.15. The standard InChI is InChI=1S/C8H7ClN4O3S/c9-6-2-1-5(7(14)4-12-13-10)3-8(6)17(11,15)16/h1-3H,4H2,(H2,11,15,16). The average Bonchev–Trinajstić information content (AvgIpc) is 2.25. The molecule has 0 fully saturated rings. The number of hydrogen-bond donors (Lipinski definition) is 1. The second-order valence-electron chi connectivity index (χ2n) is 3.00. The van der Waals surface area contributed by atoms with Crippen LogP contribution in [0.3, 0.4) is 0 Å². The van der Waals surface area contributed by atoms with Gasteiger partial charge in [0, 0.05) is 10.5 Å². The van der Waals surface area contributed by atoms with Crippen LogP contribution in [-0.4, -0.2) is 20.7 Å². The summed E-state index contributed by atoms with van der Waals surface area (Å²) in [4.78, 5) is 13.5. The molecule has 0 spiro atoms. The van der Waals surface area contributed by atoms with Gasteiger partial charge >= 0.3 is 0 Å². The Bertz CT molecular complexity index is 607. The molecule has 0 saturated carbocycles. The molecule has 0 aliphatic rings. The van der Waals surface area contributed by atoms with Gasteiger partial charge in [0.15, 0.2) is 5.78 Å². The fourth-order valence-electron chi connectivity index (χ4n) is 1.08. The number of hydrogen-bond acceptors (Lipinski definition) is 4. The van der Waals surface area contributed by atoms with Crippen LogP contribution in [0.1, 0.15) is 10.4 Å². The van der Waals surface area contributed by atoms with Crippen molar-refractivity contribution in [1.82, 2.24) is 0 Å². The molecular formula is C8H7ClN4O3S. The Labute approximate surface area is 102 Å². The number of halogens is 1. The maximum absolute atomic E-state index is 11.5. The van der Waals surface area contributed by atoms with Crippen molar-refractivity contribution < 1.29 is 13.2 Å². The summed E-state index contributed by atoms with van der Waals surface area (Å²) in [6.07, 6.45) is 0. The van der Waals surface area contributed by atoms with E-state index in [4.69, 9.17) is 22.3 Å². The van der Waals surface area contributed by atoms with Crippen molar-refractivity contribution in [2.75, 3.05) is 6.54 Å². The van der Waals surface area contributed by atoms with Crippen molar-refractivity contribution in [2.45, 2.75) is 4.90 Å². The van der Waals surface area contributed by atoms with Crippen LogP contribution in [0.4, 0.5) is 0 Å². The lowest BCUT2D eigenvalue weighted by atomic mass is 10.1. The Morgan fingerprint density at radius 3 is 2.71 bits per heavy atom. The SMILES string of the molecule is [N-]=[N+]=NCC(=O)c1ccc(Cl)c(S(N)(=O)=O)c1. The molecule has 0 aromatic heterocycles. The first-order chi connectivity index (χ1) is 7.86. The van der Waals surface area contributed by atoms with E-state index in [1.807, 2.05) is 0 Å². The molecule has 0 aliphatic heterocycles. The molecule has 0 radical (unpaired) electrons. The minimum absolute atomic E-state index is 0.0609. The maximum atomic E-state index is 11.5. The predicted octanol–water partition coefficient (Wildman–Crippen LogP) is 1.48. The normalized spacial score (nSPS) is 10.7. The zero-order valence-electron chi connectivity index (χ0n) is 8.37. The second-order valence-corrected chi connectivity index (χ2v) is 4.94. The summed E-state index contributed by atoms with van der Waals surface area (Å²) < 4.78 is 22.3. The van der Waals surface area contributed by atoms with E-state index in [0.717, 1.165) is 6.07 Å². The van der Waals surface area contributed by atoms with E-state index in [1.165, 1.54) is 12.1 Å². The van der Waals surface area contributed by atoms with Crippen LogP contribution >= 0.6 is 11.6 Å². The number of benzene rings is 1. The summed E-state index contributed by atoms with van der Waals surface area (Å²) in [6, 6.07) is 3.61. The van der Waals surface area contributed by atoms with Gasteiger partial charge in [-0.05, 0) is 23.7 Å². The second kappa shape index (κ2) is 5.15. The third-order valence-electron chi connectivity index (χ3n) is 1.84. The van der Waals surface area contributed by atoms with Crippen LogP contribution in [0.5, 0.6) is 0 Å². The number of primary sulfonamides is 1. The first-order valence-corrected chi connectivity index (χ1v) is 6.15. The number of azide groups is 1. The monoisotopic (exact) mass is 274 g/mol. The lowest BCUT2D eigenvalue weighted by molar-refractivity contribution is 0.100. The van der Waals surface area contributed by atoms with E-state index in [2.05, 4.69) is 10.0 Å². The smallest absolute Gasteiger partial charge is 0.239 e. The van der Waals surface area contributed by atoms with E-state index < -0.39 is 22.4 Å². The van der Waals surface area contributed by atoms with Crippen LogP contribution < -0.4 is 5.14 Å². The number of Topliss-reactive ketones (excluding diaryl/α,β-unsaturated/α-hetero) is 1. The van der Waals surface area contributed by atoms with Gasteiger partial charge in [0.1, 0.15) is 4.90 Å². The van der Waals surface area contributed by atoms with Crippen molar-refractivity contribution in [1.29, 1.82) is 0 Å². The Hall–Kier alpha value is -1.60. The van der Waals surface area contributed by atoms with E-state index in [0.29, 0.717) is 0 Å². The number of ketones is 1. The van der Waals surface area contributed by atoms with Gasteiger partial charge in [0.25, 0.3) is 0 Å². The zero-order valence-corrected chi connectivity index (χ0v) is 9.94. The first-order valence-electron chi connectivity index (χ1n) is 4.22. The Morgan fingerprint density at radius 1 is 1.53 bits per heavy atom. The quantitative estimate of drug-likeness (QED) is 0.386. The molecule has 2 N–H and O–H groups in total. The zero-order chi connectivity index (χ0) is 13.1. The van der Waals surface area contributed by atoms with Gasteiger partial charge in [-0.1, -0.05) is 16.7 Å². The number of sulfonamides is 1. The fourth-order valence-corrected chi connectivity index (χ4v) is 2.15. The van der Waals surface area contributed by atoms with Gasteiger partial charge < -0.3 is 0 Å². The minimum Gasteiger partial charge on any atom is -0.294 e. The molecule has 7 nitrogen and oxygen atoms in total. The number of nitrogens with zero attached hydrogens (tertiary/aromatic N) is 3. The summed E-state index contributed by atoms with van der Waals surface area (Å²) in [7, 11) is -4.00. The Morgan fingerprint density at radius 2 is 2.18 bits per heavy atom. The number of nitrogens with two attached hydrogens (primary N) is 1. The molecule has 0 saturated heterocycles. The molecular weight excluding hydrogens is 268 g/mol. The van der Waals surface area contributed by atoms with E-state index in [-0.39, 0.29) is 15.5 Å². The highest BCUT2D eigenvalue weighted by molar-refractivity contribution is 7.89. The molecule has 0 heterocycles. The van der Waals surface area contributed by atoms with Crippen molar-refractivity contribution in [3.8, 4) is 0 Å². The van der Waals surface area contributed by atoms with Crippen LogP contribution in [0.2, 0.25) is 5.02 Å². The highest BCUT2D eigenvalue weighted by Crippen LogP contribution is 2.21. The summed E-state index contributed by atoms with van der Waals surface area (Å²) >= 11 is 5.64. The minimum atomic E-state index is -4.00. The van der Waals surface area contributed by atoms with E-state index in [9.17, 15) is 13.2 Å². The molecule has 1 aromatic rings. The van der Waals surface area contributed by atoms with Gasteiger partial charge in [0.05, 0.1) is 11.6 Å². The van der Waals surface area contributed by atoms with Gasteiger partial charge in [-0.15, -0.1) is 0 Å². The van der Waals surface area contributed by atoms with Crippen LogP contribution in [0.25, 0.3) is 10.4 Å². The fraction of sp³-hybridized carbons (Fsp3) is 0.125. The maximum Gasteiger partial charge on any atom is 0.239 e. The molecule has 90 valence electrons. The summed E-state index contributed by atoms with van der Waals surface area (Å²) in [6.45, 7) is -0.401. The van der Waals surface area contributed by atoms with E-state index in [1.54, 1.807) is 0 Å². The van der Waals surface area contributed by atoms with Crippen LogP contribution in [-0.2, 0) is 10.0 Å². The molecule has 0 atom stereocenters. The molecule has 0 unspecified atom stereocenters. The predicted molar refractivity (Wildman–Crippen MR) is 61.2 cm³/mol. The van der Waals surface area contributed by atoms with Gasteiger partial charge in [-0.25, -0.2) is 13.6 Å². The highest BCUT2D eigenvalue weighted by atomic mass is 35.5. The molecule has 0 aliphatic carbocycles. The molecule has 0 amide bonds. The van der Waals surface area contributed by atoms with Crippen molar-refractivity contribution in [3.63, 3.8) is 0 Å². The van der Waals surface area contributed by atoms with Crippen LogP contribution in [0, 0.1) is 0 Å². The van der Waals surface area contributed by atoms with Crippen LogP contribution in [0.15, 0.2) is 28.2 Å². The Balaban J connectivity index is 3.22. The molecule has 17 heavy (non-hydrogen) atoms. The van der Waals surface area contributed by atoms with Crippen molar-refractivity contribution in [2.24, 2.45) is 10.3 Å². The third-order valence-corrected chi connectivity index (χ3v) is 3.23. The lowest BCUT2D eigenvalue weighted by Crippen LogP contribution is -2.14. The number of carbonyl (C=O) groups is 1. The number of carbonyl (C=O) groups excluding carboxylic acids is 1. The Kier molecular flexibility index (Phi) is 4.08. The van der Waals surface area contributed by atoms with Crippen molar-refractivity contribution in [3.05, 3.63) is 39.2 Å².